The highest BCUT2D eigenvalue weighted by atomic mass is 32.2. The number of nitrogens with zero attached hydrogens (tertiary/aromatic N) is 3. The number of aromatic nitrogens is 2. The minimum Gasteiger partial charge on any atom is -0.493 e. The lowest BCUT2D eigenvalue weighted by atomic mass is 10.1. The summed E-state index contributed by atoms with van der Waals surface area (Å²) in [6.45, 7) is 0.797. The van der Waals surface area contributed by atoms with Crippen molar-refractivity contribution >= 4 is 15.8 Å². The number of hydrogen-bond acceptors (Lipinski definition) is 6. The maximum Gasteiger partial charge on any atom is 0.240 e. The van der Waals surface area contributed by atoms with Crippen LogP contribution in [0.2, 0.25) is 0 Å². The lowest BCUT2D eigenvalue weighted by Crippen LogP contribution is -2.25. The molecule has 3 N–H and O–H groups in total. The Bertz CT molecular complexity index is 1210. The molecule has 154 valence electrons. The molecule has 0 spiro atoms. The van der Waals surface area contributed by atoms with Gasteiger partial charge in [0.1, 0.15) is 23.2 Å². The van der Waals surface area contributed by atoms with Gasteiger partial charge in [-0.05, 0) is 48.7 Å². The van der Waals surface area contributed by atoms with Crippen molar-refractivity contribution in [3.05, 3.63) is 65.4 Å². The second-order valence-corrected chi connectivity index (χ2v) is 8.70. The molecule has 0 saturated heterocycles. The van der Waals surface area contributed by atoms with Gasteiger partial charge < -0.3 is 10.5 Å². The molecule has 8 nitrogen and oxygen atoms in total. The molecule has 9 heteroatoms. The fourth-order valence-corrected chi connectivity index (χ4v) is 4.54. The summed E-state index contributed by atoms with van der Waals surface area (Å²) in [5.41, 5.74) is 8.63. The maximum atomic E-state index is 12.6. The Morgan fingerprint density at radius 3 is 2.80 bits per heavy atom. The summed E-state index contributed by atoms with van der Waals surface area (Å²) >= 11 is 0. The Morgan fingerprint density at radius 2 is 2.03 bits per heavy atom. The van der Waals surface area contributed by atoms with Gasteiger partial charge in [0, 0.05) is 13.0 Å². The van der Waals surface area contributed by atoms with Crippen molar-refractivity contribution in [1.29, 1.82) is 5.26 Å². The van der Waals surface area contributed by atoms with Crippen molar-refractivity contribution in [1.82, 2.24) is 14.5 Å². The van der Waals surface area contributed by atoms with Crippen LogP contribution < -0.4 is 15.2 Å². The van der Waals surface area contributed by atoms with Crippen LogP contribution in [-0.2, 0) is 22.9 Å². The van der Waals surface area contributed by atoms with Gasteiger partial charge >= 0.3 is 0 Å². The van der Waals surface area contributed by atoms with Crippen molar-refractivity contribution in [2.75, 3.05) is 18.9 Å². The Kier molecular flexibility index (Phi) is 5.44. The second-order valence-electron chi connectivity index (χ2n) is 6.94. The predicted octanol–water partition coefficient (Wildman–Crippen LogP) is 2.17. The molecule has 30 heavy (non-hydrogen) atoms. The third-order valence-electron chi connectivity index (χ3n) is 4.96. The molecule has 0 unspecified atom stereocenters. The number of sulfonamides is 1. The minimum atomic E-state index is -3.62. The summed E-state index contributed by atoms with van der Waals surface area (Å²) < 4.78 is 34.7. The van der Waals surface area contributed by atoms with E-state index in [1.807, 2.05) is 30.3 Å². The number of aryl methyl sites for hydroxylation is 1. The Morgan fingerprint density at radius 1 is 1.23 bits per heavy atom. The number of benzene rings is 2. The minimum absolute atomic E-state index is 0.221. The van der Waals surface area contributed by atoms with E-state index in [0.717, 1.165) is 17.0 Å². The molecule has 0 radical (unpaired) electrons. The first-order chi connectivity index (χ1) is 14.5. The fourth-order valence-electron chi connectivity index (χ4n) is 3.42. The topological polar surface area (TPSA) is 123 Å². The second kappa shape index (κ2) is 8.18. The number of para-hydroxylation sites is 1. The first kappa shape index (κ1) is 19.9. The van der Waals surface area contributed by atoms with Crippen molar-refractivity contribution in [3.8, 4) is 17.5 Å². The molecule has 0 aliphatic carbocycles. The van der Waals surface area contributed by atoms with Gasteiger partial charge in [-0.1, -0.05) is 18.2 Å². The van der Waals surface area contributed by atoms with Crippen LogP contribution in [0.25, 0.3) is 5.69 Å². The van der Waals surface area contributed by atoms with Crippen LogP contribution in [0.3, 0.4) is 0 Å². The van der Waals surface area contributed by atoms with Gasteiger partial charge in [0.2, 0.25) is 10.0 Å². The molecule has 0 bridgehead atoms. The monoisotopic (exact) mass is 423 g/mol. The number of fused-ring (bicyclic) bond motifs is 1. The van der Waals surface area contributed by atoms with Crippen molar-refractivity contribution in [3.63, 3.8) is 0 Å². The lowest BCUT2D eigenvalue weighted by molar-refractivity contribution is 0.356. The molecule has 4 rings (SSSR count). The van der Waals surface area contributed by atoms with Gasteiger partial charge in [0.15, 0.2) is 0 Å². The molecule has 2 aromatic carbocycles. The smallest absolute Gasteiger partial charge is 0.240 e. The van der Waals surface area contributed by atoms with Gasteiger partial charge in [-0.3, -0.25) is 0 Å². The summed E-state index contributed by atoms with van der Waals surface area (Å²) in [4.78, 5) is 0.224. The largest absolute Gasteiger partial charge is 0.493 e. The van der Waals surface area contributed by atoms with E-state index in [2.05, 4.69) is 15.9 Å². The summed E-state index contributed by atoms with van der Waals surface area (Å²) in [5, 5.41) is 13.9. The van der Waals surface area contributed by atoms with Crippen LogP contribution in [0.1, 0.15) is 23.2 Å². The number of nitrogens with two attached hydrogens (primary N) is 1. The summed E-state index contributed by atoms with van der Waals surface area (Å²) in [7, 11) is -3.62. The van der Waals surface area contributed by atoms with E-state index in [-0.39, 0.29) is 17.3 Å². The molecule has 1 aliphatic heterocycles. The highest BCUT2D eigenvalue weighted by Crippen LogP contribution is 2.27. The molecule has 0 amide bonds. The quantitative estimate of drug-likeness (QED) is 0.562. The number of nitrogens with one attached hydrogen (secondary N) is 1. The van der Waals surface area contributed by atoms with E-state index in [1.165, 1.54) is 4.68 Å². The maximum absolute atomic E-state index is 12.6. The molecule has 0 saturated carbocycles. The van der Waals surface area contributed by atoms with E-state index >= 15 is 0 Å². The summed E-state index contributed by atoms with van der Waals surface area (Å²) in [5.74, 6) is 1.02. The van der Waals surface area contributed by atoms with Crippen molar-refractivity contribution < 1.29 is 13.2 Å². The third kappa shape index (κ3) is 3.87. The zero-order valence-electron chi connectivity index (χ0n) is 16.2. The number of anilines is 1. The molecule has 3 aromatic rings. The van der Waals surface area contributed by atoms with Gasteiger partial charge in [-0.2, -0.15) is 10.4 Å². The van der Waals surface area contributed by atoms with Crippen LogP contribution in [0.15, 0.2) is 53.4 Å². The van der Waals surface area contributed by atoms with Gasteiger partial charge in [0.25, 0.3) is 0 Å². The zero-order valence-corrected chi connectivity index (χ0v) is 17.0. The molecular weight excluding hydrogens is 402 g/mol. The standard InChI is InChI=1S/C21H21N5O3S/c22-14-18-19(25-26(21(18)23)16-5-2-1-3-6-16)7-4-11-24-30(27,28)17-8-9-20-15(13-17)10-12-29-20/h1-3,5-6,8-9,13,24H,4,7,10-12,23H2. The SMILES string of the molecule is N#Cc1c(CCCNS(=O)(=O)c2ccc3c(c2)CCO3)nn(-c2ccccc2)c1N. The summed E-state index contributed by atoms with van der Waals surface area (Å²) in [6.07, 6.45) is 1.61. The van der Waals surface area contributed by atoms with E-state index in [4.69, 9.17) is 10.5 Å². The molecule has 1 aromatic heterocycles. The van der Waals surface area contributed by atoms with Crippen LogP contribution in [-0.4, -0.2) is 31.3 Å². The average Bonchev–Trinajstić information content (AvgIpc) is 3.35. The number of nitriles is 1. The van der Waals surface area contributed by atoms with E-state index in [1.54, 1.807) is 18.2 Å². The number of rotatable bonds is 7. The lowest BCUT2D eigenvalue weighted by Gasteiger charge is -2.08. The normalized spacial score (nSPS) is 12.9. The first-order valence-electron chi connectivity index (χ1n) is 9.58. The number of ether oxygens (including phenoxy) is 1. The Labute approximate surface area is 174 Å². The highest BCUT2D eigenvalue weighted by Gasteiger charge is 2.20. The Balaban J connectivity index is 1.42. The molecule has 0 atom stereocenters. The van der Waals surface area contributed by atoms with Gasteiger partial charge in [0.05, 0.1) is 22.9 Å². The van der Waals surface area contributed by atoms with E-state index in [0.29, 0.717) is 37.1 Å². The predicted molar refractivity (Wildman–Crippen MR) is 112 cm³/mol. The van der Waals surface area contributed by atoms with E-state index in [9.17, 15) is 13.7 Å². The van der Waals surface area contributed by atoms with Crippen molar-refractivity contribution in [2.24, 2.45) is 0 Å². The van der Waals surface area contributed by atoms with Crippen LogP contribution in [0, 0.1) is 11.3 Å². The van der Waals surface area contributed by atoms with E-state index < -0.39 is 10.0 Å². The fraction of sp³-hybridized carbons (Fsp3) is 0.238. The van der Waals surface area contributed by atoms with Gasteiger partial charge in [-0.25, -0.2) is 17.8 Å². The average molecular weight is 423 g/mol. The molecular formula is C21H21N5O3S. The van der Waals surface area contributed by atoms with Gasteiger partial charge in [-0.15, -0.1) is 0 Å². The zero-order chi connectivity index (χ0) is 21.1. The first-order valence-corrected chi connectivity index (χ1v) is 11.1. The van der Waals surface area contributed by atoms with Crippen LogP contribution in [0.4, 0.5) is 5.82 Å². The molecule has 0 fully saturated rings. The third-order valence-corrected chi connectivity index (χ3v) is 6.42. The Hall–Kier alpha value is -3.35. The molecule has 2 heterocycles. The summed E-state index contributed by atoms with van der Waals surface area (Å²) in [6, 6.07) is 16.3. The van der Waals surface area contributed by atoms with Crippen LogP contribution >= 0.6 is 0 Å². The van der Waals surface area contributed by atoms with Crippen LogP contribution in [0.5, 0.6) is 5.75 Å². The number of nitrogen functional groups attached to an aromatic ring is 1. The highest BCUT2D eigenvalue weighted by molar-refractivity contribution is 7.89. The number of hydrogen-bond donors (Lipinski definition) is 2. The van der Waals surface area contributed by atoms with Crippen molar-refractivity contribution in [2.45, 2.75) is 24.2 Å². The molecule has 1 aliphatic rings.